The quantitative estimate of drug-likeness (QED) is 0.620. The van der Waals surface area contributed by atoms with E-state index in [1.165, 1.54) is 11.1 Å². The Morgan fingerprint density at radius 2 is 1.74 bits per heavy atom. The van der Waals surface area contributed by atoms with Gasteiger partial charge in [-0.2, -0.15) is 0 Å². The Balaban J connectivity index is 2.28. The van der Waals surface area contributed by atoms with Gasteiger partial charge in [0.1, 0.15) is 5.75 Å². The molecule has 2 rings (SSSR count). The van der Waals surface area contributed by atoms with Gasteiger partial charge in [-0.3, -0.25) is 0 Å². The van der Waals surface area contributed by atoms with Crippen molar-refractivity contribution in [3.63, 3.8) is 0 Å². The van der Waals surface area contributed by atoms with Crippen molar-refractivity contribution in [2.24, 2.45) is 0 Å². The average Bonchev–Trinajstić information content (AvgIpc) is 2.57. The van der Waals surface area contributed by atoms with Gasteiger partial charge in [0.15, 0.2) is 11.5 Å². The minimum absolute atomic E-state index is 0.610. The van der Waals surface area contributed by atoms with Gasteiger partial charge in [0.25, 0.3) is 0 Å². The Labute approximate surface area is 139 Å². The summed E-state index contributed by atoms with van der Waals surface area (Å²) in [6.07, 6.45) is 6.15. The Bertz CT molecular complexity index is 694. The second-order valence-electron chi connectivity index (χ2n) is 5.24. The molecule has 0 aromatic heterocycles. The maximum Gasteiger partial charge on any atom is 0.169 e. The van der Waals surface area contributed by atoms with E-state index < -0.39 is 0 Å². The molecule has 2 heteroatoms. The molecule has 0 aliphatic carbocycles. The van der Waals surface area contributed by atoms with Crippen LogP contribution in [0.1, 0.15) is 38.8 Å². The summed E-state index contributed by atoms with van der Waals surface area (Å²) >= 11 is 0. The summed E-state index contributed by atoms with van der Waals surface area (Å²) in [5.74, 6) is 2.30. The Kier molecular flexibility index (Phi) is 6.04. The predicted molar refractivity (Wildman–Crippen MR) is 98.2 cm³/mol. The van der Waals surface area contributed by atoms with Crippen LogP contribution in [0, 0.1) is 0 Å². The molecular formula is C21H24O2. The van der Waals surface area contributed by atoms with E-state index in [0.717, 1.165) is 22.8 Å². The molecule has 0 spiro atoms. The molecule has 0 N–H and O–H groups in total. The van der Waals surface area contributed by atoms with Crippen molar-refractivity contribution in [1.29, 1.82) is 0 Å². The van der Waals surface area contributed by atoms with Crippen LogP contribution < -0.4 is 9.47 Å². The second-order valence-corrected chi connectivity index (χ2v) is 5.24. The third-order valence-corrected chi connectivity index (χ3v) is 3.60. The normalized spacial score (nSPS) is 11.7. The number of allylic oxidation sites excluding steroid dienone is 3. The molecule has 0 atom stereocenters. The molecule has 23 heavy (non-hydrogen) atoms. The lowest BCUT2D eigenvalue weighted by Crippen LogP contribution is -1.95. The van der Waals surface area contributed by atoms with Crippen molar-refractivity contribution in [2.75, 3.05) is 6.61 Å². The van der Waals surface area contributed by atoms with Gasteiger partial charge < -0.3 is 9.47 Å². The highest BCUT2D eigenvalue weighted by Crippen LogP contribution is 2.33. The Hall–Kier alpha value is -2.48. The number of hydrogen-bond acceptors (Lipinski definition) is 2. The molecule has 0 fully saturated rings. The second kappa shape index (κ2) is 8.23. The number of ether oxygens (including phenoxy) is 2. The maximum absolute atomic E-state index is 6.04. The number of rotatable bonds is 6. The summed E-state index contributed by atoms with van der Waals surface area (Å²) in [5, 5.41) is 0. The molecular weight excluding hydrogens is 284 g/mol. The highest BCUT2D eigenvalue weighted by atomic mass is 16.5. The van der Waals surface area contributed by atoms with E-state index in [0.29, 0.717) is 6.61 Å². The van der Waals surface area contributed by atoms with Crippen molar-refractivity contribution >= 4 is 11.6 Å². The van der Waals surface area contributed by atoms with Gasteiger partial charge in [0.05, 0.1) is 6.61 Å². The highest BCUT2D eigenvalue weighted by Gasteiger charge is 2.07. The molecule has 0 bridgehead atoms. The van der Waals surface area contributed by atoms with E-state index >= 15 is 0 Å². The fourth-order valence-electron chi connectivity index (χ4n) is 2.25. The lowest BCUT2D eigenvalue weighted by atomic mass is 10.1. The van der Waals surface area contributed by atoms with Crippen molar-refractivity contribution < 1.29 is 9.47 Å². The van der Waals surface area contributed by atoms with Gasteiger partial charge in [-0.05, 0) is 68.7 Å². The highest BCUT2D eigenvalue weighted by molar-refractivity contribution is 5.64. The van der Waals surface area contributed by atoms with Crippen LogP contribution in [0.15, 0.2) is 54.6 Å². The van der Waals surface area contributed by atoms with E-state index in [2.05, 4.69) is 25.1 Å². The van der Waals surface area contributed by atoms with Crippen molar-refractivity contribution in [3.8, 4) is 17.2 Å². The summed E-state index contributed by atoms with van der Waals surface area (Å²) in [5.41, 5.74) is 3.54. The van der Waals surface area contributed by atoms with E-state index in [9.17, 15) is 0 Å². The number of hydrogen-bond donors (Lipinski definition) is 0. The van der Waals surface area contributed by atoms with E-state index in [-0.39, 0.29) is 0 Å². The first kappa shape index (κ1) is 16.9. The topological polar surface area (TPSA) is 18.5 Å². The molecule has 0 heterocycles. The van der Waals surface area contributed by atoms with Crippen LogP contribution in [0.25, 0.3) is 11.6 Å². The maximum atomic E-state index is 6.04. The standard InChI is InChI=1S/C21H24O2/c1-5-8-17-9-14-20(22-7-3)21(15-17)23-19-12-10-18(11-13-19)16(4)6-2/h5-6,8-15H,7H2,1-4H3/b8-5-,16-6-. The molecule has 2 aromatic rings. The monoisotopic (exact) mass is 308 g/mol. The van der Waals surface area contributed by atoms with Crippen molar-refractivity contribution in [3.05, 3.63) is 65.7 Å². The molecule has 2 aromatic carbocycles. The van der Waals surface area contributed by atoms with Crippen LogP contribution in [0.5, 0.6) is 17.2 Å². The first-order valence-electron chi connectivity index (χ1n) is 7.98. The fourth-order valence-corrected chi connectivity index (χ4v) is 2.25. The van der Waals surface area contributed by atoms with Crippen LogP contribution in [0.2, 0.25) is 0 Å². The zero-order valence-electron chi connectivity index (χ0n) is 14.3. The molecule has 120 valence electrons. The largest absolute Gasteiger partial charge is 0.490 e. The van der Waals surface area contributed by atoms with Gasteiger partial charge in [0.2, 0.25) is 0 Å². The molecule has 0 radical (unpaired) electrons. The third kappa shape index (κ3) is 4.49. The molecule has 0 amide bonds. The molecule has 0 saturated carbocycles. The van der Waals surface area contributed by atoms with Crippen LogP contribution in [0.3, 0.4) is 0 Å². The van der Waals surface area contributed by atoms with E-state index in [1.54, 1.807) is 0 Å². The lowest BCUT2D eigenvalue weighted by molar-refractivity contribution is 0.321. The molecule has 0 unspecified atom stereocenters. The lowest BCUT2D eigenvalue weighted by Gasteiger charge is -2.13. The third-order valence-electron chi connectivity index (χ3n) is 3.60. The predicted octanol–water partition coefficient (Wildman–Crippen LogP) is 6.33. The zero-order valence-corrected chi connectivity index (χ0v) is 14.3. The Morgan fingerprint density at radius 1 is 1.00 bits per heavy atom. The summed E-state index contributed by atoms with van der Waals surface area (Å²) in [4.78, 5) is 0. The number of benzene rings is 2. The van der Waals surface area contributed by atoms with Crippen molar-refractivity contribution in [2.45, 2.75) is 27.7 Å². The minimum atomic E-state index is 0.610. The average molecular weight is 308 g/mol. The van der Waals surface area contributed by atoms with Crippen LogP contribution >= 0.6 is 0 Å². The van der Waals surface area contributed by atoms with Gasteiger partial charge in [-0.25, -0.2) is 0 Å². The first-order chi connectivity index (χ1) is 11.2. The smallest absolute Gasteiger partial charge is 0.169 e. The van der Waals surface area contributed by atoms with Crippen LogP contribution in [-0.2, 0) is 0 Å². The summed E-state index contributed by atoms with van der Waals surface area (Å²) < 4.78 is 11.7. The summed E-state index contributed by atoms with van der Waals surface area (Å²) in [6.45, 7) is 8.72. The van der Waals surface area contributed by atoms with Gasteiger partial charge >= 0.3 is 0 Å². The van der Waals surface area contributed by atoms with E-state index in [1.807, 2.05) is 63.3 Å². The first-order valence-corrected chi connectivity index (χ1v) is 7.98. The summed E-state index contributed by atoms with van der Waals surface area (Å²) in [7, 11) is 0. The summed E-state index contributed by atoms with van der Waals surface area (Å²) in [6, 6.07) is 14.1. The van der Waals surface area contributed by atoms with Gasteiger partial charge in [0, 0.05) is 0 Å². The van der Waals surface area contributed by atoms with Gasteiger partial charge in [-0.1, -0.05) is 36.4 Å². The van der Waals surface area contributed by atoms with Gasteiger partial charge in [-0.15, -0.1) is 0 Å². The minimum Gasteiger partial charge on any atom is -0.490 e. The van der Waals surface area contributed by atoms with Crippen molar-refractivity contribution in [1.82, 2.24) is 0 Å². The zero-order chi connectivity index (χ0) is 16.7. The van der Waals surface area contributed by atoms with Crippen LogP contribution in [-0.4, -0.2) is 6.61 Å². The molecule has 0 saturated heterocycles. The molecule has 0 aliphatic heterocycles. The van der Waals surface area contributed by atoms with E-state index in [4.69, 9.17) is 9.47 Å². The SMILES string of the molecule is C/C=C\c1ccc(OCC)c(Oc2ccc(/C(C)=C\C)cc2)c1. The van der Waals surface area contributed by atoms with Crippen LogP contribution in [0.4, 0.5) is 0 Å². The molecule has 0 aliphatic rings. The molecule has 2 nitrogen and oxygen atoms in total. The fraction of sp³-hybridized carbons (Fsp3) is 0.238. The Morgan fingerprint density at radius 3 is 2.35 bits per heavy atom.